The van der Waals surface area contributed by atoms with Gasteiger partial charge in [-0.3, -0.25) is 9.59 Å². The van der Waals surface area contributed by atoms with Crippen LogP contribution in [0.4, 0.5) is 5.69 Å². The molecular weight excluding hydrogens is 312 g/mol. The lowest BCUT2D eigenvalue weighted by Gasteiger charge is -2.15. The lowest BCUT2D eigenvalue weighted by molar-refractivity contribution is -0.115. The summed E-state index contributed by atoms with van der Waals surface area (Å²) in [6, 6.07) is 13.2. The van der Waals surface area contributed by atoms with E-state index in [1.54, 1.807) is 18.2 Å². The van der Waals surface area contributed by atoms with E-state index >= 15 is 0 Å². The van der Waals surface area contributed by atoms with E-state index < -0.39 is 0 Å². The van der Waals surface area contributed by atoms with Crippen molar-refractivity contribution < 1.29 is 9.59 Å². The van der Waals surface area contributed by atoms with E-state index in [4.69, 9.17) is 0 Å². The van der Waals surface area contributed by atoms with Crippen LogP contribution in [0.25, 0.3) is 0 Å². The summed E-state index contributed by atoms with van der Waals surface area (Å²) in [6.07, 6.45) is 1.13. The Morgan fingerprint density at radius 2 is 1.76 bits per heavy atom. The minimum absolute atomic E-state index is 0.0896. The van der Waals surface area contributed by atoms with Crippen LogP contribution >= 0.6 is 0 Å². The van der Waals surface area contributed by atoms with Gasteiger partial charge in [0, 0.05) is 6.04 Å². The molecular formula is C21H26N2O2. The molecule has 0 aliphatic carbocycles. The van der Waals surface area contributed by atoms with Crippen molar-refractivity contribution in [3.8, 4) is 0 Å². The number of aryl methyl sites for hydroxylation is 2. The predicted molar refractivity (Wildman–Crippen MR) is 102 cm³/mol. The molecule has 0 fully saturated rings. The first kappa shape index (κ1) is 18.7. The molecule has 0 saturated carbocycles. The van der Waals surface area contributed by atoms with Crippen LogP contribution in [0.5, 0.6) is 0 Å². The van der Waals surface area contributed by atoms with E-state index in [0.29, 0.717) is 11.3 Å². The van der Waals surface area contributed by atoms with Gasteiger partial charge in [0.2, 0.25) is 5.91 Å². The summed E-state index contributed by atoms with van der Waals surface area (Å²) in [6.45, 7) is 8.05. The van der Waals surface area contributed by atoms with Crippen LogP contribution in [0.1, 0.15) is 47.3 Å². The standard InChI is InChI=1S/C21H26N2O2/c1-5-16(4)22-21(25)18-8-6-7-9-19(18)23-20(24)13-17-11-10-14(2)15(3)12-17/h6-12,16H,5,13H2,1-4H3,(H,22,25)(H,23,24). The van der Waals surface area contributed by atoms with Gasteiger partial charge in [0.05, 0.1) is 17.7 Å². The maximum absolute atomic E-state index is 12.4. The second kappa shape index (κ2) is 8.47. The molecule has 1 unspecified atom stereocenters. The number of benzene rings is 2. The Labute approximate surface area is 149 Å². The topological polar surface area (TPSA) is 58.2 Å². The summed E-state index contributed by atoms with van der Waals surface area (Å²) < 4.78 is 0. The number of carbonyl (C=O) groups excluding carboxylic acids is 2. The minimum Gasteiger partial charge on any atom is -0.350 e. The number of anilines is 1. The number of hydrogen-bond acceptors (Lipinski definition) is 2. The zero-order valence-corrected chi connectivity index (χ0v) is 15.3. The lowest BCUT2D eigenvalue weighted by atomic mass is 10.0. The molecule has 0 aliphatic heterocycles. The fourth-order valence-corrected chi connectivity index (χ4v) is 2.49. The highest BCUT2D eigenvalue weighted by molar-refractivity contribution is 6.04. The molecule has 0 heterocycles. The third-order valence-electron chi connectivity index (χ3n) is 4.37. The third kappa shape index (κ3) is 5.18. The molecule has 0 bridgehead atoms. The SMILES string of the molecule is CCC(C)NC(=O)c1ccccc1NC(=O)Cc1ccc(C)c(C)c1. The van der Waals surface area contributed by atoms with Crippen LogP contribution in [-0.4, -0.2) is 17.9 Å². The molecule has 4 heteroatoms. The Morgan fingerprint density at radius 3 is 2.44 bits per heavy atom. The number of rotatable bonds is 6. The molecule has 2 aromatic rings. The Morgan fingerprint density at radius 1 is 1.04 bits per heavy atom. The van der Waals surface area contributed by atoms with Gasteiger partial charge < -0.3 is 10.6 Å². The van der Waals surface area contributed by atoms with Gasteiger partial charge in [-0.15, -0.1) is 0 Å². The molecule has 0 saturated heterocycles. The first-order valence-corrected chi connectivity index (χ1v) is 8.66. The number of para-hydroxylation sites is 1. The van der Waals surface area contributed by atoms with E-state index in [9.17, 15) is 9.59 Å². The summed E-state index contributed by atoms with van der Waals surface area (Å²) in [5.74, 6) is -0.302. The highest BCUT2D eigenvalue weighted by Crippen LogP contribution is 2.17. The molecule has 4 nitrogen and oxygen atoms in total. The zero-order valence-electron chi connectivity index (χ0n) is 15.3. The van der Waals surface area contributed by atoms with Crippen molar-refractivity contribution in [1.29, 1.82) is 0 Å². The minimum atomic E-state index is -0.170. The van der Waals surface area contributed by atoms with Crippen molar-refractivity contribution in [1.82, 2.24) is 5.32 Å². The van der Waals surface area contributed by atoms with Gasteiger partial charge in [0.15, 0.2) is 0 Å². The monoisotopic (exact) mass is 338 g/mol. The summed E-state index contributed by atoms with van der Waals surface area (Å²) in [4.78, 5) is 24.8. The average molecular weight is 338 g/mol. The Hall–Kier alpha value is -2.62. The van der Waals surface area contributed by atoms with Crippen molar-refractivity contribution in [3.05, 3.63) is 64.7 Å². The van der Waals surface area contributed by atoms with Gasteiger partial charge in [-0.1, -0.05) is 37.3 Å². The second-order valence-electron chi connectivity index (χ2n) is 6.47. The Kier molecular flexibility index (Phi) is 6.34. The van der Waals surface area contributed by atoms with Gasteiger partial charge >= 0.3 is 0 Å². The molecule has 2 aromatic carbocycles. The largest absolute Gasteiger partial charge is 0.350 e. The van der Waals surface area contributed by atoms with Gasteiger partial charge in [-0.05, 0) is 56.0 Å². The Balaban J connectivity index is 2.10. The number of carbonyl (C=O) groups is 2. The number of hydrogen-bond donors (Lipinski definition) is 2. The maximum atomic E-state index is 12.4. The van der Waals surface area contributed by atoms with Gasteiger partial charge in [0.25, 0.3) is 5.91 Å². The second-order valence-corrected chi connectivity index (χ2v) is 6.47. The van der Waals surface area contributed by atoms with E-state index in [1.807, 2.05) is 52.0 Å². The molecule has 0 aliphatic rings. The van der Waals surface area contributed by atoms with Crippen LogP contribution in [0, 0.1) is 13.8 Å². The fraction of sp³-hybridized carbons (Fsp3) is 0.333. The first-order chi connectivity index (χ1) is 11.9. The number of amides is 2. The van der Waals surface area contributed by atoms with Crippen LogP contribution in [0.15, 0.2) is 42.5 Å². The molecule has 2 N–H and O–H groups in total. The summed E-state index contributed by atoms with van der Waals surface area (Å²) in [7, 11) is 0. The van der Waals surface area contributed by atoms with Gasteiger partial charge in [-0.2, -0.15) is 0 Å². The third-order valence-corrected chi connectivity index (χ3v) is 4.37. The van der Waals surface area contributed by atoms with Gasteiger partial charge in [-0.25, -0.2) is 0 Å². The quantitative estimate of drug-likeness (QED) is 0.836. The lowest BCUT2D eigenvalue weighted by Crippen LogP contribution is -2.32. The summed E-state index contributed by atoms with van der Waals surface area (Å²) in [5, 5.41) is 5.80. The van der Waals surface area contributed by atoms with Crippen LogP contribution in [0.3, 0.4) is 0 Å². The molecule has 0 aromatic heterocycles. The Bertz CT molecular complexity index is 768. The van der Waals surface area contributed by atoms with Gasteiger partial charge in [0.1, 0.15) is 0 Å². The molecule has 1 atom stereocenters. The summed E-state index contributed by atoms with van der Waals surface area (Å²) in [5.41, 5.74) is 4.35. The normalized spacial score (nSPS) is 11.7. The van der Waals surface area contributed by atoms with Crippen molar-refractivity contribution in [2.24, 2.45) is 0 Å². The molecule has 25 heavy (non-hydrogen) atoms. The van der Waals surface area contributed by atoms with E-state index in [-0.39, 0.29) is 24.3 Å². The highest BCUT2D eigenvalue weighted by Gasteiger charge is 2.14. The van der Waals surface area contributed by atoms with Crippen LogP contribution in [-0.2, 0) is 11.2 Å². The average Bonchev–Trinajstić information content (AvgIpc) is 2.58. The number of nitrogens with one attached hydrogen (secondary N) is 2. The van der Waals surface area contributed by atoms with Crippen molar-refractivity contribution in [2.75, 3.05) is 5.32 Å². The predicted octanol–water partition coefficient (Wildman–Crippen LogP) is 4.01. The molecule has 0 radical (unpaired) electrons. The fourth-order valence-electron chi connectivity index (χ4n) is 2.49. The molecule has 0 spiro atoms. The van der Waals surface area contributed by atoms with E-state index in [1.165, 1.54) is 11.1 Å². The maximum Gasteiger partial charge on any atom is 0.253 e. The summed E-state index contributed by atoms with van der Waals surface area (Å²) >= 11 is 0. The highest BCUT2D eigenvalue weighted by atomic mass is 16.2. The molecule has 2 amide bonds. The smallest absolute Gasteiger partial charge is 0.253 e. The van der Waals surface area contributed by atoms with Crippen LogP contribution in [0.2, 0.25) is 0 Å². The van der Waals surface area contributed by atoms with E-state index in [2.05, 4.69) is 10.6 Å². The van der Waals surface area contributed by atoms with Crippen molar-refractivity contribution in [3.63, 3.8) is 0 Å². The van der Waals surface area contributed by atoms with E-state index in [0.717, 1.165) is 12.0 Å². The van der Waals surface area contributed by atoms with Crippen molar-refractivity contribution in [2.45, 2.75) is 46.6 Å². The molecule has 2 rings (SSSR count). The van der Waals surface area contributed by atoms with Crippen LogP contribution < -0.4 is 10.6 Å². The first-order valence-electron chi connectivity index (χ1n) is 8.66. The van der Waals surface area contributed by atoms with Crippen molar-refractivity contribution >= 4 is 17.5 Å². The molecule has 132 valence electrons. The zero-order chi connectivity index (χ0) is 18.4.